The molecular formula is C63H53N3. The Balaban J connectivity index is 1.34. The van der Waals surface area contributed by atoms with E-state index in [1.807, 2.05) is 12.1 Å². The molecule has 10 rings (SSSR count). The number of nitrogens with zero attached hydrogens (tertiary/aromatic N) is 3. The highest BCUT2D eigenvalue weighted by molar-refractivity contribution is 6.14. The average Bonchev–Trinajstić information content (AvgIpc) is 3.67. The Bertz CT molecular complexity index is 3220. The van der Waals surface area contributed by atoms with E-state index in [4.69, 9.17) is 0 Å². The zero-order valence-electron chi connectivity index (χ0n) is 38.5. The molecule has 0 radical (unpaired) electrons. The maximum absolute atomic E-state index is 11.5. The van der Waals surface area contributed by atoms with Gasteiger partial charge in [-0.05, 0) is 92.7 Å². The molecule has 3 heteroatoms. The molecule has 0 saturated carbocycles. The first kappa shape index (κ1) is 42.0. The molecule has 0 amide bonds. The summed E-state index contributed by atoms with van der Waals surface area (Å²) in [6, 6.07) is 78.8. The number of para-hydroxylation sites is 1. The standard InChI is InChI=1S/C63H53N3/c1-62(2,3)47-31-35-49(36-32-47)65(50-37-33-48(34-38-50)63(4,5)6)51-39-40-56-53(41-51)52-29-19-20-30-55(52)66(56)61-59(45-25-15-9-16-26-45)57(43-21-11-7-12-22-43)54(42-64)58(44-23-13-8-14-24-44)60(61)46-27-17-10-18-28-46/h7-41H,1-6H3. The van der Waals surface area contributed by atoms with E-state index >= 15 is 0 Å². The van der Waals surface area contributed by atoms with Crippen molar-refractivity contribution in [2.45, 2.75) is 52.4 Å². The number of hydrogen-bond acceptors (Lipinski definition) is 2. The van der Waals surface area contributed by atoms with Crippen LogP contribution < -0.4 is 4.90 Å². The van der Waals surface area contributed by atoms with Gasteiger partial charge < -0.3 is 9.47 Å². The van der Waals surface area contributed by atoms with Crippen molar-refractivity contribution in [2.75, 3.05) is 4.90 Å². The molecule has 0 aliphatic heterocycles. The monoisotopic (exact) mass is 851 g/mol. The van der Waals surface area contributed by atoms with Gasteiger partial charge in [-0.15, -0.1) is 0 Å². The number of benzene rings is 9. The second-order valence-electron chi connectivity index (χ2n) is 19.3. The fraction of sp³-hybridized carbons (Fsp3) is 0.127. The van der Waals surface area contributed by atoms with Gasteiger partial charge in [0, 0.05) is 50.1 Å². The fourth-order valence-corrected chi connectivity index (χ4v) is 9.64. The molecule has 0 fully saturated rings. The van der Waals surface area contributed by atoms with Gasteiger partial charge in [-0.2, -0.15) is 5.26 Å². The summed E-state index contributed by atoms with van der Waals surface area (Å²) in [6.45, 7) is 13.6. The Morgan fingerprint density at radius 2 is 0.742 bits per heavy atom. The van der Waals surface area contributed by atoms with Crippen LogP contribution in [0.4, 0.5) is 17.1 Å². The number of rotatable bonds is 8. The highest BCUT2D eigenvalue weighted by atomic mass is 15.1. The van der Waals surface area contributed by atoms with E-state index < -0.39 is 0 Å². The van der Waals surface area contributed by atoms with Crippen molar-refractivity contribution in [3.05, 3.63) is 229 Å². The topological polar surface area (TPSA) is 32.0 Å². The third-order valence-electron chi connectivity index (χ3n) is 13.0. The summed E-state index contributed by atoms with van der Waals surface area (Å²) in [5.74, 6) is 0. The number of anilines is 3. The molecule has 0 unspecified atom stereocenters. The van der Waals surface area contributed by atoms with Crippen LogP contribution in [0.3, 0.4) is 0 Å². The smallest absolute Gasteiger partial charge is 0.100 e. The Morgan fingerprint density at radius 3 is 1.15 bits per heavy atom. The lowest BCUT2D eigenvalue weighted by Crippen LogP contribution is -2.14. The Hall–Kier alpha value is -7.93. The zero-order valence-corrected chi connectivity index (χ0v) is 38.5. The van der Waals surface area contributed by atoms with E-state index in [0.717, 1.165) is 89.1 Å². The van der Waals surface area contributed by atoms with Crippen LogP contribution in [0, 0.1) is 11.3 Å². The molecule has 0 spiro atoms. The third kappa shape index (κ3) is 7.55. The van der Waals surface area contributed by atoms with Gasteiger partial charge in [0.15, 0.2) is 0 Å². The van der Waals surface area contributed by atoms with Gasteiger partial charge in [0.25, 0.3) is 0 Å². The highest BCUT2D eigenvalue weighted by Gasteiger charge is 2.31. The van der Waals surface area contributed by atoms with Crippen LogP contribution in [0.5, 0.6) is 0 Å². The van der Waals surface area contributed by atoms with E-state index in [2.05, 4.69) is 257 Å². The maximum atomic E-state index is 11.5. The fourth-order valence-electron chi connectivity index (χ4n) is 9.64. The minimum absolute atomic E-state index is 0.0296. The second-order valence-corrected chi connectivity index (χ2v) is 19.3. The van der Waals surface area contributed by atoms with Crippen molar-refractivity contribution in [1.29, 1.82) is 5.26 Å². The molecule has 0 aliphatic rings. The molecule has 1 aromatic heterocycles. The van der Waals surface area contributed by atoms with Gasteiger partial charge in [-0.25, -0.2) is 0 Å². The summed E-state index contributed by atoms with van der Waals surface area (Å²) in [6.07, 6.45) is 0. The SMILES string of the molecule is CC(C)(C)c1ccc(N(c2ccc(C(C)(C)C)cc2)c2ccc3c(c2)c2ccccc2n3-c2c(-c3ccccc3)c(-c3ccccc3)c(C#N)c(-c3ccccc3)c2-c2ccccc2)cc1. The first-order valence-corrected chi connectivity index (χ1v) is 22.9. The molecule has 66 heavy (non-hydrogen) atoms. The molecule has 0 bridgehead atoms. The van der Waals surface area contributed by atoms with Gasteiger partial charge in [-0.3, -0.25) is 0 Å². The van der Waals surface area contributed by atoms with Crippen molar-refractivity contribution in [3.63, 3.8) is 0 Å². The number of hydrogen-bond donors (Lipinski definition) is 0. The summed E-state index contributed by atoms with van der Waals surface area (Å²) < 4.78 is 2.47. The van der Waals surface area contributed by atoms with Gasteiger partial charge in [0.05, 0.1) is 22.3 Å². The van der Waals surface area contributed by atoms with Crippen LogP contribution in [0.25, 0.3) is 72.0 Å². The number of nitriles is 1. The molecule has 0 N–H and O–H groups in total. The number of aromatic nitrogens is 1. The maximum Gasteiger partial charge on any atom is 0.100 e. The van der Waals surface area contributed by atoms with E-state index in [1.54, 1.807) is 0 Å². The van der Waals surface area contributed by atoms with E-state index in [-0.39, 0.29) is 10.8 Å². The lowest BCUT2D eigenvalue weighted by molar-refractivity contribution is 0.590. The van der Waals surface area contributed by atoms with Crippen LogP contribution in [-0.2, 0) is 10.8 Å². The largest absolute Gasteiger partial charge is 0.310 e. The van der Waals surface area contributed by atoms with Crippen LogP contribution in [0.2, 0.25) is 0 Å². The van der Waals surface area contributed by atoms with Crippen molar-refractivity contribution in [2.24, 2.45) is 0 Å². The van der Waals surface area contributed by atoms with E-state index in [9.17, 15) is 5.26 Å². The van der Waals surface area contributed by atoms with Crippen molar-refractivity contribution < 1.29 is 0 Å². The van der Waals surface area contributed by atoms with E-state index in [1.165, 1.54) is 11.1 Å². The molecule has 9 aromatic carbocycles. The van der Waals surface area contributed by atoms with Crippen LogP contribution in [-0.4, -0.2) is 4.57 Å². The average molecular weight is 852 g/mol. The predicted octanol–water partition coefficient (Wildman–Crippen LogP) is 17.4. The Labute approximate surface area is 389 Å². The van der Waals surface area contributed by atoms with E-state index in [0.29, 0.717) is 5.56 Å². The molecule has 3 nitrogen and oxygen atoms in total. The second kappa shape index (κ2) is 16.9. The minimum Gasteiger partial charge on any atom is -0.310 e. The van der Waals surface area contributed by atoms with Gasteiger partial charge >= 0.3 is 0 Å². The first-order valence-electron chi connectivity index (χ1n) is 22.9. The van der Waals surface area contributed by atoms with Crippen molar-refractivity contribution in [3.8, 4) is 56.3 Å². The van der Waals surface area contributed by atoms with Crippen molar-refractivity contribution in [1.82, 2.24) is 4.57 Å². The quantitative estimate of drug-likeness (QED) is 0.153. The summed E-state index contributed by atoms with van der Waals surface area (Å²) in [7, 11) is 0. The predicted molar refractivity (Wildman–Crippen MR) is 279 cm³/mol. The van der Waals surface area contributed by atoms with Crippen LogP contribution in [0.1, 0.15) is 58.2 Å². The molecule has 0 aliphatic carbocycles. The Kier molecular flexibility index (Phi) is 10.8. The summed E-state index contributed by atoms with van der Waals surface area (Å²) in [4.78, 5) is 2.39. The van der Waals surface area contributed by atoms with Gasteiger partial charge in [-0.1, -0.05) is 205 Å². The van der Waals surface area contributed by atoms with Crippen LogP contribution in [0.15, 0.2) is 212 Å². The molecule has 1 heterocycles. The third-order valence-corrected chi connectivity index (χ3v) is 13.0. The molecule has 0 atom stereocenters. The summed E-state index contributed by atoms with van der Waals surface area (Å²) >= 11 is 0. The molecular weight excluding hydrogens is 799 g/mol. The normalized spacial score (nSPS) is 11.8. The first-order chi connectivity index (χ1) is 32.0. The Morgan fingerprint density at radius 1 is 0.379 bits per heavy atom. The minimum atomic E-state index is 0.0296. The number of fused-ring (bicyclic) bond motifs is 3. The van der Waals surface area contributed by atoms with Gasteiger partial charge in [0.1, 0.15) is 6.07 Å². The summed E-state index contributed by atoms with van der Waals surface area (Å²) in [5.41, 5.74) is 17.6. The highest BCUT2D eigenvalue weighted by Crippen LogP contribution is 2.52. The lowest BCUT2D eigenvalue weighted by Gasteiger charge is -2.28. The van der Waals surface area contributed by atoms with Crippen LogP contribution >= 0.6 is 0 Å². The summed E-state index contributed by atoms with van der Waals surface area (Å²) in [5, 5.41) is 13.8. The van der Waals surface area contributed by atoms with Gasteiger partial charge in [0.2, 0.25) is 0 Å². The van der Waals surface area contributed by atoms with Crippen molar-refractivity contribution >= 4 is 38.9 Å². The molecule has 0 saturated heterocycles. The molecule has 320 valence electrons. The molecule has 10 aromatic rings. The lowest BCUT2D eigenvalue weighted by atomic mass is 9.79. The zero-order chi connectivity index (χ0) is 45.6.